The first-order valence-electron chi connectivity index (χ1n) is 12.9. The Bertz CT molecular complexity index is 1140. The Kier molecular flexibility index (Phi) is 9.18. The fraction of sp³-hybridized carbons (Fsp3) is 0.357. The van der Waals surface area contributed by atoms with Gasteiger partial charge in [0.15, 0.2) is 0 Å². The van der Waals surface area contributed by atoms with Crippen LogP contribution in [0.25, 0.3) is 0 Å². The van der Waals surface area contributed by atoms with Crippen molar-refractivity contribution in [3.05, 3.63) is 66.4 Å². The third kappa shape index (κ3) is 6.90. The van der Waals surface area contributed by atoms with Crippen LogP contribution in [0.5, 0.6) is 0 Å². The predicted molar refractivity (Wildman–Crippen MR) is 150 cm³/mol. The number of carbonyl (C=O) groups excluding carboxylic acids is 1. The molecule has 0 aliphatic carbocycles. The van der Waals surface area contributed by atoms with E-state index >= 15 is 0 Å². The maximum Gasteiger partial charge on any atom is 0.252 e. The first-order valence-corrected chi connectivity index (χ1v) is 12.9. The van der Waals surface area contributed by atoms with Gasteiger partial charge in [-0.2, -0.15) is 0 Å². The number of rotatable bonds is 7. The summed E-state index contributed by atoms with van der Waals surface area (Å²) in [6, 6.07) is 18.1. The Morgan fingerprint density at radius 1 is 0.784 bits per heavy atom. The molecule has 9 heteroatoms. The van der Waals surface area contributed by atoms with E-state index in [0.717, 1.165) is 69.7 Å². The van der Waals surface area contributed by atoms with Crippen LogP contribution in [-0.2, 0) is 9.47 Å². The molecule has 0 bridgehead atoms. The Labute approximate surface area is 218 Å². The second-order valence-electron chi connectivity index (χ2n) is 8.52. The molecule has 0 spiro atoms. The average molecular weight is 505 g/mol. The maximum absolute atomic E-state index is 12.0. The zero-order valence-corrected chi connectivity index (χ0v) is 21.6. The first kappa shape index (κ1) is 26.2. The van der Waals surface area contributed by atoms with Crippen LogP contribution in [0.2, 0.25) is 0 Å². The van der Waals surface area contributed by atoms with Gasteiger partial charge in [-0.05, 0) is 48.5 Å². The molecule has 2 aliphatic rings. The van der Waals surface area contributed by atoms with Crippen molar-refractivity contribution < 1.29 is 14.3 Å². The van der Waals surface area contributed by atoms with Crippen molar-refractivity contribution in [1.29, 1.82) is 0 Å². The number of carbonyl (C=O) groups is 1. The van der Waals surface area contributed by atoms with Crippen molar-refractivity contribution in [2.45, 2.75) is 13.8 Å². The second-order valence-corrected chi connectivity index (χ2v) is 8.52. The SMILES string of the molecule is CC.NC(=O)c1cnc(Nc2ccc(N3CCOCC3)cc2)cc1Nc1ccc(N2CCOCC2)cc1. The number of nitrogens with one attached hydrogen (secondary N) is 2. The fourth-order valence-corrected chi connectivity index (χ4v) is 4.28. The van der Waals surface area contributed by atoms with Gasteiger partial charge in [-0.25, -0.2) is 4.98 Å². The second kappa shape index (κ2) is 12.9. The zero-order valence-electron chi connectivity index (χ0n) is 21.6. The molecule has 0 saturated carbocycles. The van der Waals surface area contributed by atoms with Crippen molar-refractivity contribution in [1.82, 2.24) is 4.98 Å². The van der Waals surface area contributed by atoms with Crippen molar-refractivity contribution >= 4 is 40.2 Å². The smallest absolute Gasteiger partial charge is 0.252 e. The molecule has 37 heavy (non-hydrogen) atoms. The van der Waals surface area contributed by atoms with Crippen LogP contribution >= 0.6 is 0 Å². The third-order valence-corrected chi connectivity index (χ3v) is 6.21. The summed E-state index contributed by atoms with van der Waals surface area (Å²) in [5, 5.41) is 6.63. The molecule has 1 amide bonds. The summed E-state index contributed by atoms with van der Waals surface area (Å²) in [6.07, 6.45) is 1.50. The van der Waals surface area contributed by atoms with Gasteiger partial charge in [-0.15, -0.1) is 0 Å². The number of morpholine rings is 2. The molecule has 5 rings (SSSR count). The molecule has 196 valence electrons. The van der Waals surface area contributed by atoms with Crippen molar-refractivity contribution in [2.75, 3.05) is 73.0 Å². The normalized spacial score (nSPS) is 15.4. The Hall–Kier alpha value is -3.82. The molecule has 0 unspecified atom stereocenters. The van der Waals surface area contributed by atoms with Crippen LogP contribution in [0.15, 0.2) is 60.8 Å². The van der Waals surface area contributed by atoms with Gasteiger partial charge >= 0.3 is 0 Å². The molecular formula is C28H36N6O3. The van der Waals surface area contributed by atoms with E-state index in [4.69, 9.17) is 15.2 Å². The van der Waals surface area contributed by atoms with E-state index < -0.39 is 5.91 Å². The lowest BCUT2D eigenvalue weighted by Crippen LogP contribution is -2.36. The molecule has 2 saturated heterocycles. The van der Waals surface area contributed by atoms with Gasteiger partial charge in [-0.3, -0.25) is 4.79 Å². The van der Waals surface area contributed by atoms with E-state index in [0.29, 0.717) is 17.1 Å². The maximum atomic E-state index is 12.0. The van der Waals surface area contributed by atoms with E-state index in [1.807, 2.05) is 38.1 Å². The van der Waals surface area contributed by atoms with Gasteiger partial charge in [0.2, 0.25) is 0 Å². The number of hydrogen-bond donors (Lipinski definition) is 3. The number of nitrogens with two attached hydrogens (primary N) is 1. The number of benzene rings is 2. The summed E-state index contributed by atoms with van der Waals surface area (Å²) in [4.78, 5) is 21.0. The molecule has 9 nitrogen and oxygen atoms in total. The first-order chi connectivity index (χ1) is 18.2. The van der Waals surface area contributed by atoms with Crippen molar-refractivity contribution in [3.63, 3.8) is 0 Å². The third-order valence-electron chi connectivity index (χ3n) is 6.21. The molecule has 4 N–H and O–H groups in total. The van der Waals surface area contributed by atoms with Gasteiger partial charge < -0.3 is 35.6 Å². The summed E-state index contributed by atoms with van der Waals surface area (Å²) in [7, 11) is 0. The van der Waals surface area contributed by atoms with E-state index in [2.05, 4.69) is 49.7 Å². The van der Waals surface area contributed by atoms with E-state index in [1.54, 1.807) is 6.07 Å². The molecule has 3 heterocycles. The van der Waals surface area contributed by atoms with E-state index in [-0.39, 0.29) is 0 Å². The minimum atomic E-state index is -0.536. The average Bonchev–Trinajstić information content (AvgIpc) is 2.96. The van der Waals surface area contributed by atoms with Crippen molar-refractivity contribution in [3.8, 4) is 0 Å². The Morgan fingerprint density at radius 3 is 1.70 bits per heavy atom. The molecule has 2 aromatic carbocycles. The summed E-state index contributed by atoms with van der Waals surface area (Å²) >= 11 is 0. The quantitative estimate of drug-likeness (QED) is 0.436. The van der Waals surface area contributed by atoms with E-state index in [1.165, 1.54) is 11.9 Å². The minimum absolute atomic E-state index is 0.329. The van der Waals surface area contributed by atoms with Crippen LogP contribution in [-0.4, -0.2) is 63.5 Å². The lowest BCUT2D eigenvalue weighted by atomic mass is 10.2. The highest BCUT2D eigenvalue weighted by Gasteiger charge is 2.14. The highest BCUT2D eigenvalue weighted by atomic mass is 16.5. The van der Waals surface area contributed by atoms with Gasteiger partial charge in [0.05, 0.1) is 37.7 Å². The van der Waals surface area contributed by atoms with Crippen LogP contribution in [0.3, 0.4) is 0 Å². The van der Waals surface area contributed by atoms with Gasteiger partial charge in [0, 0.05) is 61.2 Å². The number of hydrogen-bond acceptors (Lipinski definition) is 8. The summed E-state index contributed by atoms with van der Waals surface area (Å²) in [5.41, 5.74) is 10.6. The summed E-state index contributed by atoms with van der Waals surface area (Å²) in [6.45, 7) is 10.5. The molecule has 2 aliphatic heterocycles. The Balaban J connectivity index is 0.00000156. The van der Waals surface area contributed by atoms with Crippen LogP contribution in [0.4, 0.5) is 34.3 Å². The van der Waals surface area contributed by atoms with Crippen LogP contribution in [0.1, 0.15) is 24.2 Å². The molecule has 3 aromatic rings. The molecule has 2 fully saturated rings. The molecule has 0 atom stereocenters. The number of aromatic nitrogens is 1. The predicted octanol–water partition coefficient (Wildman–Crippen LogP) is 4.37. The highest BCUT2D eigenvalue weighted by molar-refractivity contribution is 5.99. The number of anilines is 6. The number of ether oxygens (including phenoxy) is 2. The lowest BCUT2D eigenvalue weighted by molar-refractivity contribution is 0.100. The van der Waals surface area contributed by atoms with Crippen molar-refractivity contribution in [2.24, 2.45) is 5.73 Å². The Morgan fingerprint density at radius 2 is 1.24 bits per heavy atom. The monoisotopic (exact) mass is 504 g/mol. The zero-order chi connectivity index (χ0) is 26.0. The molecular weight excluding hydrogens is 468 g/mol. The largest absolute Gasteiger partial charge is 0.378 e. The van der Waals surface area contributed by atoms with Gasteiger partial charge in [0.1, 0.15) is 5.82 Å². The van der Waals surface area contributed by atoms with E-state index in [9.17, 15) is 4.79 Å². The van der Waals surface area contributed by atoms with Gasteiger partial charge in [0.25, 0.3) is 5.91 Å². The van der Waals surface area contributed by atoms with Crippen LogP contribution in [0, 0.1) is 0 Å². The van der Waals surface area contributed by atoms with Crippen LogP contribution < -0.4 is 26.2 Å². The number of primary amides is 1. The number of pyridine rings is 1. The number of amides is 1. The minimum Gasteiger partial charge on any atom is -0.378 e. The fourth-order valence-electron chi connectivity index (χ4n) is 4.28. The molecule has 0 radical (unpaired) electrons. The summed E-state index contributed by atoms with van der Waals surface area (Å²) in [5.74, 6) is 0.0768. The number of nitrogens with zero attached hydrogens (tertiary/aromatic N) is 3. The molecule has 1 aromatic heterocycles. The highest BCUT2D eigenvalue weighted by Crippen LogP contribution is 2.27. The lowest BCUT2D eigenvalue weighted by Gasteiger charge is -2.29. The topological polar surface area (TPSA) is 105 Å². The van der Waals surface area contributed by atoms with Gasteiger partial charge in [-0.1, -0.05) is 13.8 Å². The summed E-state index contributed by atoms with van der Waals surface area (Å²) < 4.78 is 10.9. The standard InChI is InChI=1S/C26H30N6O3.C2H6/c27-26(33)23-18-28-25(30-20-3-7-22(8-4-20)32-11-15-35-16-12-32)17-24(23)29-19-1-5-21(6-2-19)31-9-13-34-14-10-31;1-2/h1-8,17-18H,9-16H2,(H2,27,33)(H2,28,29,30);1-2H3.